The quantitative estimate of drug-likeness (QED) is 0.773. The Morgan fingerprint density at radius 3 is 2.43 bits per heavy atom. The van der Waals surface area contributed by atoms with Crippen LogP contribution in [0.4, 0.5) is 0 Å². The lowest BCUT2D eigenvalue weighted by Crippen LogP contribution is -2.18. The van der Waals surface area contributed by atoms with Crippen molar-refractivity contribution in [1.29, 1.82) is 0 Å². The smallest absolute Gasteiger partial charge is 0.122 e. The van der Waals surface area contributed by atoms with E-state index in [1.807, 2.05) is 0 Å². The second-order valence-electron chi connectivity index (χ2n) is 3.76. The molecule has 0 spiro atoms. The maximum atomic E-state index is 5.89. The average Bonchev–Trinajstić information content (AvgIpc) is 2.42. The summed E-state index contributed by atoms with van der Waals surface area (Å²) in [5.41, 5.74) is 9.84. The fraction of sp³-hybridized carbons (Fsp3) is 0.455. The van der Waals surface area contributed by atoms with Crippen molar-refractivity contribution in [3.05, 3.63) is 28.8 Å². The highest BCUT2D eigenvalue weighted by atomic mass is 35.5. The Labute approximate surface area is 90.9 Å². The van der Waals surface area contributed by atoms with Gasteiger partial charge >= 0.3 is 0 Å². The highest BCUT2D eigenvalue weighted by Gasteiger charge is 2.19. The molecule has 1 aliphatic rings. The predicted molar refractivity (Wildman–Crippen MR) is 60.4 cm³/mol. The molecular formula is C11H16ClNO. The number of halogens is 1. The molecule has 2 N–H and O–H groups in total. The van der Waals surface area contributed by atoms with Crippen molar-refractivity contribution in [2.45, 2.75) is 25.8 Å². The standard InChI is InChI=1S/C11H15NO.ClH/c1-7-3-8-4-10(12)5-9(8)6-11(7)13-2;/h3,6,10H,4-5,12H2,1-2H3;1H. The van der Waals surface area contributed by atoms with Gasteiger partial charge in [-0.05, 0) is 42.5 Å². The van der Waals surface area contributed by atoms with Gasteiger partial charge in [-0.2, -0.15) is 0 Å². The second-order valence-corrected chi connectivity index (χ2v) is 3.76. The first-order valence-electron chi connectivity index (χ1n) is 4.62. The molecule has 2 nitrogen and oxygen atoms in total. The van der Waals surface area contributed by atoms with Crippen molar-refractivity contribution in [3.63, 3.8) is 0 Å². The van der Waals surface area contributed by atoms with E-state index in [2.05, 4.69) is 19.1 Å². The van der Waals surface area contributed by atoms with Gasteiger partial charge in [-0.25, -0.2) is 0 Å². The van der Waals surface area contributed by atoms with Gasteiger partial charge in [0.05, 0.1) is 7.11 Å². The Kier molecular flexibility index (Phi) is 3.40. The van der Waals surface area contributed by atoms with Gasteiger partial charge in [0, 0.05) is 6.04 Å². The van der Waals surface area contributed by atoms with Crippen molar-refractivity contribution in [3.8, 4) is 5.75 Å². The Morgan fingerprint density at radius 2 is 1.86 bits per heavy atom. The summed E-state index contributed by atoms with van der Waals surface area (Å²) < 4.78 is 5.26. The van der Waals surface area contributed by atoms with Gasteiger partial charge in [0.2, 0.25) is 0 Å². The van der Waals surface area contributed by atoms with Crippen LogP contribution in [0.5, 0.6) is 5.75 Å². The Hall–Kier alpha value is -0.730. The number of methoxy groups -OCH3 is 1. The van der Waals surface area contributed by atoms with Crippen LogP contribution in [0.25, 0.3) is 0 Å². The number of nitrogens with two attached hydrogens (primary N) is 1. The third-order valence-corrected chi connectivity index (χ3v) is 2.68. The second kappa shape index (κ2) is 4.20. The molecule has 1 unspecified atom stereocenters. The fourth-order valence-electron chi connectivity index (χ4n) is 2.03. The molecule has 0 amide bonds. The van der Waals surface area contributed by atoms with E-state index in [-0.39, 0.29) is 12.4 Å². The third-order valence-electron chi connectivity index (χ3n) is 2.68. The molecule has 0 radical (unpaired) electrons. The number of hydrogen-bond acceptors (Lipinski definition) is 2. The zero-order valence-corrected chi connectivity index (χ0v) is 9.36. The van der Waals surface area contributed by atoms with Crippen LogP contribution in [-0.4, -0.2) is 13.2 Å². The van der Waals surface area contributed by atoms with Crippen molar-refractivity contribution in [2.75, 3.05) is 7.11 Å². The summed E-state index contributed by atoms with van der Waals surface area (Å²) in [4.78, 5) is 0. The van der Waals surface area contributed by atoms with Gasteiger partial charge in [0.15, 0.2) is 0 Å². The molecule has 1 aromatic carbocycles. The highest BCUT2D eigenvalue weighted by Crippen LogP contribution is 2.28. The Morgan fingerprint density at radius 1 is 1.29 bits per heavy atom. The van der Waals surface area contributed by atoms with Crippen LogP contribution in [0.1, 0.15) is 16.7 Å². The first-order valence-corrected chi connectivity index (χ1v) is 4.62. The van der Waals surface area contributed by atoms with Gasteiger partial charge < -0.3 is 10.5 Å². The maximum Gasteiger partial charge on any atom is 0.122 e. The van der Waals surface area contributed by atoms with E-state index in [1.54, 1.807) is 7.11 Å². The molecule has 3 heteroatoms. The number of benzene rings is 1. The zero-order chi connectivity index (χ0) is 9.42. The van der Waals surface area contributed by atoms with Crippen molar-refractivity contribution in [2.24, 2.45) is 5.73 Å². The van der Waals surface area contributed by atoms with Gasteiger partial charge in [-0.15, -0.1) is 12.4 Å². The summed E-state index contributed by atoms with van der Waals surface area (Å²) >= 11 is 0. The molecule has 0 aliphatic heterocycles. The topological polar surface area (TPSA) is 35.2 Å². The van der Waals surface area contributed by atoms with E-state index in [0.29, 0.717) is 6.04 Å². The monoisotopic (exact) mass is 213 g/mol. The molecule has 0 fully saturated rings. The van der Waals surface area contributed by atoms with Crippen LogP contribution in [0.3, 0.4) is 0 Å². The Balaban J connectivity index is 0.000000980. The lowest BCUT2D eigenvalue weighted by atomic mass is 10.1. The zero-order valence-electron chi connectivity index (χ0n) is 8.54. The van der Waals surface area contributed by atoms with Gasteiger partial charge in [-0.3, -0.25) is 0 Å². The van der Waals surface area contributed by atoms with Crippen molar-refractivity contribution >= 4 is 12.4 Å². The van der Waals surface area contributed by atoms with E-state index < -0.39 is 0 Å². The van der Waals surface area contributed by atoms with E-state index in [4.69, 9.17) is 10.5 Å². The fourth-order valence-corrected chi connectivity index (χ4v) is 2.03. The average molecular weight is 214 g/mol. The molecule has 1 aromatic rings. The number of hydrogen-bond donors (Lipinski definition) is 1. The summed E-state index contributed by atoms with van der Waals surface area (Å²) in [6.07, 6.45) is 2.01. The van der Waals surface area contributed by atoms with Gasteiger partial charge in [0.1, 0.15) is 5.75 Å². The number of aryl methyl sites for hydroxylation is 1. The minimum absolute atomic E-state index is 0. The normalized spacial score (nSPS) is 18.6. The van der Waals surface area contributed by atoms with Gasteiger partial charge in [0.25, 0.3) is 0 Å². The molecule has 0 heterocycles. The summed E-state index contributed by atoms with van der Waals surface area (Å²) in [7, 11) is 1.71. The molecule has 1 atom stereocenters. The largest absolute Gasteiger partial charge is 0.496 e. The predicted octanol–water partition coefficient (Wildman–Crippen LogP) is 1.85. The molecule has 0 saturated heterocycles. The minimum atomic E-state index is 0. The minimum Gasteiger partial charge on any atom is -0.496 e. The van der Waals surface area contributed by atoms with Crippen LogP contribution < -0.4 is 10.5 Å². The van der Waals surface area contributed by atoms with E-state index in [1.165, 1.54) is 16.7 Å². The van der Waals surface area contributed by atoms with Crippen LogP contribution in [-0.2, 0) is 12.8 Å². The van der Waals surface area contributed by atoms with Crippen LogP contribution >= 0.6 is 12.4 Å². The van der Waals surface area contributed by atoms with Crippen molar-refractivity contribution < 1.29 is 4.74 Å². The number of fused-ring (bicyclic) bond motifs is 1. The van der Waals surface area contributed by atoms with Crippen molar-refractivity contribution in [1.82, 2.24) is 0 Å². The molecular weight excluding hydrogens is 198 g/mol. The number of rotatable bonds is 1. The number of ether oxygens (including phenoxy) is 1. The summed E-state index contributed by atoms with van der Waals surface area (Å²) in [6, 6.07) is 4.62. The molecule has 14 heavy (non-hydrogen) atoms. The van der Waals surface area contributed by atoms with Crippen LogP contribution in [0, 0.1) is 6.92 Å². The molecule has 0 bridgehead atoms. The molecule has 0 aromatic heterocycles. The summed E-state index contributed by atoms with van der Waals surface area (Å²) in [5, 5.41) is 0. The molecule has 1 aliphatic carbocycles. The first kappa shape index (κ1) is 11.3. The van der Waals surface area contributed by atoms with Crippen LogP contribution in [0.2, 0.25) is 0 Å². The lowest BCUT2D eigenvalue weighted by Gasteiger charge is -2.07. The first-order chi connectivity index (χ1) is 6.20. The Bertz CT molecular complexity index is 338. The molecule has 2 rings (SSSR count). The molecule has 0 saturated carbocycles. The third kappa shape index (κ3) is 1.86. The highest BCUT2D eigenvalue weighted by molar-refractivity contribution is 5.85. The lowest BCUT2D eigenvalue weighted by molar-refractivity contribution is 0.411. The summed E-state index contributed by atoms with van der Waals surface area (Å²) in [5.74, 6) is 0.979. The van der Waals surface area contributed by atoms with Crippen LogP contribution in [0.15, 0.2) is 12.1 Å². The molecule has 78 valence electrons. The van der Waals surface area contributed by atoms with E-state index in [9.17, 15) is 0 Å². The maximum absolute atomic E-state index is 5.89. The van der Waals surface area contributed by atoms with E-state index >= 15 is 0 Å². The summed E-state index contributed by atoms with van der Waals surface area (Å²) in [6.45, 7) is 2.07. The van der Waals surface area contributed by atoms with Gasteiger partial charge in [-0.1, -0.05) is 6.07 Å². The SMILES string of the molecule is COc1cc2c(cc1C)CC(N)C2.Cl. The van der Waals surface area contributed by atoms with E-state index in [0.717, 1.165) is 18.6 Å².